The van der Waals surface area contributed by atoms with Crippen LogP contribution >= 0.6 is 24.0 Å². The summed E-state index contributed by atoms with van der Waals surface area (Å²) in [6.45, 7) is 2.17. The minimum atomic E-state index is -0.224. The van der Waals surface area contributed by atoms with Crippen LogP contribution in [0.15, 0.2) is 52.3 Å². The van der Waals surface area contributed by atoms with E-state index in [1.165, 1.54) is 16.2 Å². The topological polar surface area (TPSA) is 76.4 Å². The number of benzene rings is 1. The molecule has 0 aliphatic carbocycles. The highest BCUT2D eigenvalue weighted by Crippen LogP contribution is 2.37. The van der Waals surface area contributed by atoms with Crippen LogP contribution in [0.2, 0.25) is 0 Å². The zero-order chi connectivity index (χ0) is 23.2. The van der Waals surface area contributed by atoms with Gasteiger partial charge in [-0.25, -0.2) is 4.98 Å². The Bertz CT molecular complexity index is 1430. The van der Waals surface area contributed by atoms with Crippen molar-refractivity contribution in [1.82, 2.24) is 14.3 Å². The molecule has 172 valence electrons. The Morgan fingerprint density at radius 1 is 1.09 bits per heavy atom. The second kappa shape index (κ2) is 8.44. The molecule has 0 N–H and O–H groups in total. The van der Waals surface area contributed by atoms with E-state index < -0.39 is 0 Å². The number of thiocarbonyl (C=S) groups is 1. The van der Waals surface area contributed by atoms with Gasteiger partial charge in [0, 0.05) is 19.3 Å². The molecule has 10 heteroatoms. The van der Waals surface area contributed by atoms with Crippen LogP contribution in [0.4, 0.5) is 5.82 Å². The zero-order valence-corrected chi connectivity index (χ0v) is 19.7. The molecule has 0 radical (unpaired) electrons. The molecule has 8 nitrogen and oxygen atoms in total. The number of thioether (sulfide) groups is 1. The van der Waals surface area contributed by atoms with Crippen LogP contribution in [0.1, 0.15) is 24.0 Å². The van der Waals surface area contributed by atoms with Crippen molar-refractivity contribution >= 4 is 51.7 Å². The van der Waals surface area contributed by atoms with Crippen LogP contribution in [-0.4, -0.2) is 44.4 Å². The summed E-state index contributed by atoms with van der Waals surface area (Å²) in [5, 5.41) is 0. The van der Waals surface area contributed by atoms with Gasteiger partial charge in [-0.05, 0) is 48.7 Å². The van der Waals surface area contributed by atoms with Crippen LogP contribution in [-0.2, 0) is 11.3 Å². The minimum Gasteiger partial charge on any atom is -0.454 e. The number of hydrogen-bond acceptors (Lipinski definition) is 8. The van der Waals surface area contributed by atoms with Gasteiger partial charge in [0.15, 0.2) is 11.5 Å². The number of ether oxygens (including phenoxy) is 2. The SMILES string of the molecule is O=C1/C(=C/c2c(N3CCCC3)nc3ccccn3c2=O)SC(=S)N1Cc1ccc2c(c1)OCO2. The van der Waals surface area contributed by atoms with Gasteiger partial charge in [0.25, 0.3) is 11.5 Å². The molecule has 1 amide bonds. The molecule has 2 saturated heterocycles. The number of hydrogen-bond donors (Lipinski definition) is 0. The fourth-order valence-electron chi connectivity index (χ4n) is 4.38. The molecule has 5 heterocycles. The van der Waals surface area contributed by atoms with Crippen molar-refractivity contribution in [2.75, 3.05) is 24.8 Å². The molecule has 3 aliphatic rings. The third kappa shape index (κ3) is 3.63. The average Bonchev–Trinajstić information content (AvgIpc) is 3.59. The summed E-state index contributed by atoms with van der Waals surface area (Å²) >= 11 is 6.73. The molecule has 0 atom stereocenters. The van der Waals surface area contributed by atoms with E-state index in [4.69, 9.17) is 26.7 Å². The van der Waals surface area contributed by atoms with Gasteiger partial charge in [0.05, 0.1) is 17.0 Å². The van der Waals surface area contributed by atoms with E-state index in [0.29, 0.717) is 44.3 Å². The van der Waals surface area contributed by atoms with E-state index in [-0.39, 0.29) is 18.3 Å². The molecule has 6 rings (SSSR count). The Morgan fingerprint density at radius 3 is 2.76 bits per heavy atom. The smallest absolute Gasteiger partial charge is 0.267 e. The van der Waals surface area contributed by atoms with Crippen LogP contribution in [0.5, 0.6) is 11.5 Å². The number of carbonyl (C=O) groups is 1. The third-order valence-electron chi connectivity index (χ3n) is 6.08. The lowest BCUT2D eigenvalue weighted by Crippen LogP contribution is -2.28. The quantitative estimate of drug-likeness (QED) is 0.405. The number of pyridine rings is 1. The van der Waals surface area contributed by atoms with E-state index in [1.807, 2.05) is 30.3 Å². The lowest BCUT2D eigenvalue weighted by atomic mass is 10.2. The molecule has 3 aromatic rings. The third-order valence-corrected chi connectivity index (χ3v) is 7.46. The van der Waals surface area contributed by atoms with Crippen LogP contribution in [0.25, 0.3) is 11.7 Å². The summed E-state index contributed by atoms with van der Waals surface area (Å²) in [6, 6.07) is 11.0. The van der Waals surface area contributed by atoms with Gasteiger partial charge in [-0.3, -0.25) is 18.9 Å². The van der Waals surface area contributed by atoms with Crippen molar-refractivity contribution in [3.05, 3.63) is 69.0 Å². The molecular formula is C24H20N4O4S2. The summed E-state index contributed by atoms with van der Waals surface area (Å²) in [4.78, 5) is 35.6. The van der Waals surface area contributed by atoms with E-state index in [0.717, 1.165) is 31.5 Å². The molecule has 0 unspecified atom stereocenters. The van der Waals surface area contributed by atoms with Gasteiger partial charge in [0.2, 0.25) is 6.79 Å². The first-order valence-corrected chi connectivity index (χ1v) is 12.2. The first-order chi connectivity index (χ1) is 16.6. The van der Waals surface area contributed by atoms with Gasteiger partial charge in [-0.2, -0.15) is 0 Å². The monoisotopic (exact) mass is 492 g/mol. The van der Waals surface area contributed by atoms with Gasteiger partial charge >= 0.3 is 0 Å². The Labute approximate surface area is 204 Å². The highest BCUT2D eigenvalue weighted by molar-refractivity contribution is 8.26. The Morgan fingerprint density at radius 2 is 1.91 bits per heavy atom. The normalized spacial score (nSPS) is 18.6. The van der Waals surface area contributed by atoms with Gasteiger partial charge in [-0.15, -0.1) is 0 Å². The Balaban J connectivity index is 1.36. The summed E-state index contributed by atoms with van der Waals surface area (Å²) in [6.07, 6.45) is 5.45. The highest BCUT2D eigenvalue weighted by Gasteiger charge is 2.33. The molecule has 0 bridgehead atoms. The molecule has 3 aliphatic heterocycles. The van der Waals surface area contributed by atoms with Crippen molar-refractivity contribution in [2.45, 2.75) is 19.4 Å². The predicted octanol–water partition coefficient (Wildman–Crippen LogP) is 3.42. The number of aromatic nitrogens is 2. The summed E-state index contributed by atoms with van der Waals surface area (Å²) in [7, 11) is 0. The number of fused-ring (bicyclic) bond motifs is 2. The van der Waals surface area contributed by atoms with Crippen molar-refractivity contribution < 1.29 is 14.3 Å². The average molecular weight is 493 g/mol. The van der Waals surface area contributed by atoms with Crippen molar-refractivity contribution in [1.29, 1.82) is 0 Å². The van der Waals surface area contributed by atoms with E-state index in [1.54, 1.807) is 23.2 Å². The van der Waals surface area contributed by atoms with E-state index in [2.05, 4.69) is 4.90 Å². The number of rotatable bonds is 4. The first kappa shape index (κ1) is 21.2. The standard InChI is InChI=1S/C24H20N4O4S2/c29-22-16(21(26-8-3-4-9-26)25-20-5-1-2-10-27(20)22)12-19-23(30)28(24(33)34-19)13-15-6-7-17-18(11-15)32-14-31-17/h1-2,5-7,10-12H,3-4,8-9,13-14H2/b19-12-. The zero-order valence-electron chi connectivity index (χ0n) is 18.1. The molecule has 2 aromatic heterocycles. The lowest BCUT2D eigenvalue weighted by Gasteiger charge is -2.19. The maximum Gasteiger partial charge on any atom is 0.267 e. The molecule has 34 heavy (non-hydrogen) atoms. The van der Waals surface area contributed by atoms with E-state index >= 15 is 0 Å². The Kier molecular flexibility index (Phi) is 5.26. The fraction of sp³-hybridized carbons (Fsp3) is 0.250. The van der Waals surface area contributed by atoms with Gasteiger partial charge < -0.3 is 14.4 Å². The van der Waals surface area contributed by atoms with Gasteiger partial charge in [0.1, 0.15) is 15.8 Å². The molecule has 0 spiro atoms. The number of carbonyl (C=O) groups excluding carboxylic acids is 1. The fourth-order valence-corrected chi connectivity index (χ4v) is 5.61. The predicted molar refractivity (Wildman–Crippen MR) is 134 cm³/mol. The number of anilines is 1. The number of amides is 1. The lowest BCUT2D eigenvalue weighted by molar-refractivity contribution is -0.122. The van der Waals surface area contributed by atoms with Crippen molar-refractivity contribution in [3.63, 3.8) is 0 Å². The van der Waals surface area contributed by atoms with Gasteiger partial charge in [-0.1, -0.05) is 36.1 Å². The van der Waals surface area contributed by atoms with E-state index in [9.17, 15) is 9.59 Å². The van der Waals surface area contributed by atoms with Crippen LogP contribution in [0.3, 0.4) is 0 Å². The summed E-state index contributed by atoms with van der Waals surface area (Å²) < 4.78 is 12.8. The maximum atomic E-state index is 13.4. The second-order valence-electron chi connectivity index (χ2n) is 8.23. The van der Waals surface area contributed by atoms with Crippen LogP contribution in [0, 0.1) is 0 Å². The Hall–Kier alpha value is -3.37. The maximum absolute atomic E-state index is 13.4. The molecular weight excluding hydrogens is 472 g/mol. The van der Waals surface area contributed by atoms with Crippen LogP contribution < -0.4 is 19.9 Å². The molecule has 2 fully saturated rings. The molecule has 0 saturated carbocycles. The van der Waals surface area contributed by atoms with Crippen molar-refractivity contribution in [3.8, 4) is 11.5 Å². The summed E-state index contributed by atoms with van der Waals surface area (Å²) in [5.41, 5.74) is 1.68. The largest absolute Gasteiger partial charge is 0.454 e. The van der Waals surface area contributed by atoms with Crippen molar-refractivity contribution in [2.24, 2.45) is 0 Å². The minimum absolute atomic E-state index is 0.192. The highest BCUT2D eigenvalue weighted by atomic mass is 32.2. The molecule has 1 aromatic carbocycles. The number of nitrogens with zero attached hydrogens (tertiary/aromatic N) is 4. The first-order valence-electron chi connectivity index (χ1n) is 11.0. The summed E-state index contributed by atoms with van der Waals surface area (Å²) in [5.74, 6) is 1.74. The second-order valence-corrected chi connectivity index (χ2v) is 9.91.